The number of nitrogens with zero attached hydrogens (tertiary/aromatic N) is 3. The van der Waals surface area contributed by atoms with Crippen LogP contribution in [-0.2, 0) is 6.54 Å². The summed E-state index contributed by atoms with van der Waals surface area (Å²) in [5, 5.41) is 3.38. The molecule has 0 aromatic carbocycles. The smallest absolute Gasteiger partial charge is 0.216 e. The number of aliphatic imine (C=N–C) groups is 1. The van der Waals surface area contributed by atoms with E-state index in [0.29, 0.717) is 12.4 Å². The molecular weight excluding hydrogens is 415 g/mol. The molecule has 6 heteroatoms. The Balaban J connectivity index is 0.00000288. The summed E-state index contributed by atoms with van der Waals surface area (Å²) in [7, 11) is 2.13. The van der Waals surface area contributed by atoms with Crippen LogP contribution in [0, 0.1) is 25.7 Å². The standard InChI is InChI=1S/C18H32N4O.HI/c1-6-19-18(20-11-17-21-14(3)15(4)23-17)22(5)12-16-9-7-13(2)8-10-16;/h13,16H,6-12H2,1-5H3,(H,19,20);1H. The second-order valence-corrected chi connectivity index (χ2v) is 6.93. The lowest BCUT2D eigenvalue weighted by atomic mass is 9.83. The lowest BCUT2D eigenvalue weighted by molar-refractivity contribution is 0.250. The first-order valence-corrected chi connectivity index (χ1v) is 8.92. The van der Waals surface area contributed by atoms with Crippen LogP contribution in [0.5, 0.6) is 0 Å². The van der Waals surface area contributed by atoms with Gasteiger partial charge >= 0.3 is 0 Å². The summed E-state index contributed by atoms with van der Waals surface area (Å²) in [6, 6.07) is 0. The highest BCUT2D eigenvalue weighted by Crippen LogP contribution is 2.28. The van der Waals surface area contributed by atoms with Crippen LogP contribution in [0.4, 0.5) is 0 Å². The van der Waals surface area contributed by atoms with Crippen molar-refractivity contribution in [2.75, 3.05) is 20.1 Å². The van der Waals surface area contributed by atoms with Gasteiger partial charge in [0.1, 0.15) is 12.3 Å². The van der Waals surface area contributed by atoms with Gasteiger partial charge in [-0.3, -0.25) is 0 Å². The van der Waals surface area contributed by atoms with E-state index in [2.05, 4.69) is 36.1 Å². The fourth-order valence-electron chi connectivity index (χ4n) is 3.20. The van der Waals surface area contributed by atoms with Gasteiger partial charge < -0.3 is 14.6 Å². The highest BCUT2D eigenvalue weighted by molar-refractivity contribution is 14.0. The number of hydrogen-bond donors (Lipinski definition) is 1. The molecule has 0 unspecified atom stereocenters. The first-order chi connectivity index (χ1) is 11.0. The molecule has 0 amide bonds. The van der Waals surface area contributed by atoms with Gasteiger partial charge in [0.05, 0.1) is 5.69 Å². The van der Waals surface area contributed by atoms with E-state index in [9.17, 15) is 0 Å². The Hall–Kier alpha value is -0.790. The van der Waals surface area contributed by atoms with Crippen LogP contribution in [0.2, 0.25) is 0 Å². The first-order valence-electron chi connectivity index (χ1n) is 8.92. The van der Waals surface area contributed by atoms with Crippen LogP contribution in [0.25, 0.3) is 0 Å². The van der Waals surface area contributed by atoms with Crippen molar-refractivity contribution in [2.24, 2.45) is 16.8 Å². The SMILES string of the molecule is CCNC(=NCc1nc(C)c(C)o1)N(C)CC1CCC(C)CC1.I. The Morgan fingerprint density at radius 1 is 1.29 bits per heavy atom. The molecule has 1 aromatic rings. The molecule has 1 aliphatic rings. The highest BCUT2D eigenvalue weighted by Gasteiger charge is 2.20. The summed E-state index contributed by atoms with van der Waals surface area (Å²) in [4.78, 5) is 11.4. The van der Waals surface area contributed by atoms with Crippen molar-refractivity contribution in [2.45, 2.75) is 59.9 Å². The minimum atomic E-state index is 0. The Morgan fingerprint density at radius 2 is 1.96 bits per heavy atom. The lowest BCUT2D eigenvalue weighted by Crippen LogP contribution is -2.41. The maximum Gasteiger partial charge on any atom is 0.216 e. The van der Waals surface area contributed by atoms with E-state index < -0.39 is 0 Å². The quantitative estimate of drug-likeness (QED) is 0.418. The molecule has 0 atom stereocenters. The van der Waals surface area contributed by atoms with Gasteiger partial charge in [-0.25, -0.2) is 9.98 Å². The molecule has 0 bridgehead atoms. The molecule has 2 rings (SSSR count). The van der Waals surface area contributed by atoms with Crippen molar-refractivity contribution in [1.82, 2.24) is 15.2 Å². The maximum absolute atomic E-state index is 5.62. The minimum absolute atomic E-state index is 0. The lowest BCUT2D eigenvalue weighted by Gasteiger charge is -2.31. The van der Waals surface area contributed by atoms with Crippen LogP contribution in [0.3, 0.4) is 0 Å². The Kier molecular flexibility index (Phi) is 9.08. The molecule has 0 aliphatic heterocycles. The van der Waals surface area contributed by atoms with Crippen molar-refractivity contribution in [3.05, 3.63) is 17.3 Å². The van der Waals surface area contributed by atoms with Crippen LogP contribution < -0.4 is 5.32 Å². The number of aryl methyl sites for hydroxylation is 2. The average Bonchev–Trinajstić information content (AvgIpc) is 2.84. The molecule has 1 N–H and O–H groups in total. The number of guanidine groups is 1. The Bertz CT molecular complexity index is 502. The molecule has 138 valence electrons. The molecule has 1 heterocycles. The molecule has 5 nitrogen and oxygen atoms in total. The normalized spacial score (nSPS) is 21.3. The number of hydrogen-bond acceptors (Lipinski definition) is 3. The number of rotatable bonds is 5. The largest absolute Gasteiger partial charge is 0.444 e. The molecule has 1 saturated carbocycles. The van der Waals surface area contributed by atoms with Crippen molar-refractivity contribution in [3.63, 3.8) is 0 Å². The molecule has 1 aromatic heterocycles. The van der Waals surface area contributed by atoms with E-state index in [0.717, 1.165) is 42.3 Å². The average molecular weight is 448 g/mol. The summed E-state index contributed by atoms with van der Waals surface area (Å²) < 4.78 is 5.62. The van der Waals surface area contributed by atoms with Crippen molar-refractivity contribution in [3.8, 4) is 0 Å². The van der Waals surface area contributed by atoms with Gasteiger partial charge in [0.2, 0.25) is 5.89 Å². The van der Waals surface area contributed by atoms with Crippen molar-refractivity contribution < 1.29 is 4.42 Å². The third-order valence-electron chi connectivity index (χ3n) is 4.80. The summed E-state index contributed by atoms with van der Waals surface area (Å²) in [5.41, 5.74) is 0.949. The van der Waals surface area contributed by atoms with E-state index in [-0.39, 0.29) is 24.0 Å². The van der Waals surface area contributed by atoms with E-state index in [4.69, 9.17) is 9.41 Å². The fourth-order valence-corrected chi connectivity index (χ4v) is 3.20. The predicted molar refractivity (Wildman–Crippen MR) is 110 cm³/mol. The molecular formula is C18H33IN4O. The summed E-state index contributed by atoms with van der Waals surface area (Å²) in [6.45, 7) is 10.8. The molecule has 0 saturated heterocycles. The van der Waals surface area contributed by atoms with Crippen molar-refractivity contribution >= 4 is 29.9 Å². The third kappa shape index (κ3) is 6.26. The summed E-state index contributed by atoms with van der Waals surface area (Å²) in [6.07, 6.45) is 5.40. The van der Waals surface area contributed by atoms with Gasteiger partial charge in [-0.05, 0) is 45.4 Å². The third-order valence-corrected chi connectivity index (χ3v) is 4.80. The van der Waals surface area contributed by atoms with Gasteiger partial charge in [0, 0.05) is 20.1 Å². The fraction of sp³-hybridized carbons (Fsp3) is 0.778. The van der Waals surface area contributed by atoms with E-state index in [1.807, 2.05) is 13.8 Å². The van der Waals surface area contributed by atoms with Crippen molar-refractivity contribution in [1.29, 1.82) is 0 Å². The van der Waals surface area contributed by atoms with Gasteiger partial charge in [-0.2, -0.15) is 0 Å². The molecule has 24 heavy (non-hydrogen) atoms. The monoisotopic (exact) mass is 448 g/mol. The first kappa shape index (κ1) is 21.3. The van der Waals surface area contributed by atoms with Gasteiger partial charge in [0.25, 0.3) is 0 Å². The number of halogens is 1. The summed E-state index contributed by atoms with van der Waals surface area (Å²) in [5.74, 6) is 4.20. The Morgan fingerprint density at radius 3 is 2.50 bits per heavy atom. The van der Waals surface area contributed by atoms with Crippen LogP contribution >= 0.6 is 24.0 Å². The van der Waals surface area contributed by atoms with E-state index >= 15 is 0 Å². The topological polar surface area (TPSA) is 53.7 Å². The zero-order valence-corrected chi connectivity index (χ0v) is 18.1. The molecule has 0 radical (unpaired) electrons. The van der Waals surface area contributed by atoms with Gasteiger partial charge in [-0.1, -0.05) is 19.8 Å². The zero-order valence-electron chi connectivity index (χ0n) is 15.8. The highest BCUT2D eigenvalue weighted by atomic mass is 127. The predicted octanol–water partition coefficient (Wildman–Crippen LogP) is 4.13. The second-order valence-electron chi connectivity index (χ2n) is 6.93. The van der Waals surface area contributed by atoms with Crippen LogP contribution in [-0.4, -0.2) is 36.0 Å². The van der Waals surface area contributed by atoms with Gasteiger partial charge in [-0.15, -0.1) is 24.0 Å². The number of nitrogens with one attached hydrogen (secondary N) is 1. The van der Waals surface area contributed by atoms with Crippen LogP contribution in [0.15, 0.2) is 9.41 Å². The number of oxazole rings is 1. The van der Waals surface area contributed by atoms with Gasteiger partial charge in [0.15, 0.2) is 5.96 Å². The molecule has 0 spiro atoms. The van der Waals surface area contributed by atoms with E-state index in [1.165, 1.54) is 25.7 Å². The molecule has 1 aliphatic carbocycles. The molecule has 1 fully saturated rings. The summed E-state index contributed by atoms with van der Waals surface area (Å²) >= 11 is 0. The van der Waals surface area contributed by atoms with Crippen LogP contribution in [0.1, 0.15) is 56.9 Å². The Labute approximate surface area is 163 Å². The number of aromatic nitrogens is 1. The van der Waals surface area contributed by atoms with E-state index in [1.54, 1.807) is 0 Å². The zero-order chi connectivity index (χ0) is 16.8. The minimum Gasteiger partial charge on any atom is -0.444 e. The second kappa shape index (κ2) is 10.3. The maximum atomic E-state index is 5.62.